The van der Waals surface area contributed by atoms with Crippen LogP contribution in [0.3, 0.4) is 0 Å². The number of likely N-dealkylation sites (tertiary alicyclic amines) is 1. The molecular formula is C22H42N8O. The Labute approximate surface area is 187 Å². The largest absolute Gasteiger partial charge is 0.379 e. The van der Waals surface area contributed by atoms with E-state index in [4.69, 9.17) is 9.73 Å². The van der Waals surface area contributed by atoms with Gasteiger partial charge in [-0.2, -0.15) is 0 Å². The van der Waals surface area contributed by atoms with E-state index in [2.05, 4.69) is 37.6 Å². The van der Waals surface area contributed by atoms with Gasteiger partial charge < -0.3 is 19.9 Å². The van der Waals surface area contributed by atoms with Gasteiger partial charge in [0.2, 0.25) is 0 Å². The summed E-state index contributed by atoms with van der Waals surface area (Å²) in [5.74, 6) is 2.66. The van der Waals surface area contributed by atoms with Gasteiger partial charge in [-0.1, -0.05) is 13.3 Å². The number of aromatic nitrogens is 3. The summed E-state index contributed by atoms with van der Waals surface area (Å²) >= 11 is 0. The highest BCUT2D eigenvalue weighted by atomic mass is 16.5. The van der Waals surface area contributed by atoms with Gasteiger partial charge in [0.25, 0.3) is 0 Å². The van der Waals surface area contributed by atoms with Gasteiger partial charge in [-0.05, 0) is 45.7 Å². The van der Waals surface area contributed by atoms with Crippen LogP contribution in [0.5, 0.6) is 0 Å². The fourth-order valence-electron chi connectivity index (χ4n) is 4.38. The van der Waals surface area contributed by atoms with Crippen molar-refractivity contribution in [1.29, 1.82) is 0 Å². The maximum absolute atomic E-state index is 5.44. The van der Waals surface area contributed by atoms with Gasteiger partial charge >= 0.3 is 0 Å². The molecule has 176 valence electrons. The van der Waals surface area contributed by atoms with Crippen molar-refractivity contribution in [3.8, 4) is 0 Å². The lowest BCUT2D eigenvalue weighted by Gasteiger charge is -2.35. The zero-order valence-electron chi connectivity index (χ0n) is 19.8. The summed E-state index contributed by atoms with van der Waals surface area (Å²) in [5, 5.41) is 15.5. The van der Waals surface area contributed by atoms with Crippen LogP contribution in [0.4, 0.5) is 0 Å². The number of aryl methyl sites for hydroxylation is 1. The van der Waals surface area contributed by atoms with Crippen molar-refractivity contribution in [2.45, 2.75) is 58.5 Å². The van der Waals surface area contributed by atoms with Crippen LogP contribution in [0.25, 0.3) is 0 Å². The normalized spacial score (nSPS) is 21.4. The van der Waals surface area contributed by atoms with Gasteiger partial charge in [-0.15, -0.1) is 10.2 Å². The fraction of sp³-hybridized carbons (Fsp3) is 0.864. The molecule has 1 unspecified atom stereocenters. The number of ether oxygens (including phenoxy) is 1. The first-order valence-electron chi connectivity index (χ1n) is 12.1. The third kappa shape index (κ3) is 7.73. The van der Waals surface area contributed by atoms with E-state index < -0.39 is 0 Å². The highest BCUT2D eigenvalue weighted by molar-refractivity contribution is 5.79. The molecule has 0 radical (unpaired) electrons. The fourth-order valence-corrected chi connectivity index (χ4v) is 4.38. The van der Waals surface area contributed by atoms with Crippen LogP contribution in [0.2, 0.25) is 0 Å². The van der Waals surface area contributed by atoms with Gasteiger partial charge in [-0.3, -0.25) is 9.80 Å². The smallest absolute Gasteiger partial charge is 0.191 e. The van der Waals surface area contributed by atoms with Gasteiger partial charge in [0.1, 0.15) is 12.4 Å². The molecule has 0 aromatic carbocycles. The van der Waals surface area contributed by atoms with Crippen LogP contribution >= 0.6 is 0 Å². The van der Waals surface area contributed by atoms with Crippen LogP contribution in [0, 0.1) is 6.92 Å². The minimum absolute atomic E-state index is 0.525. The van der Waals surface area contributed by atoms with Crippen molar-refractivity contribution >= 4 is 5.96 Å². The quantitative estimate of drug-likeness (QED) is 0.325. The molecule has 2 N–H and O–H groups in total. The Morgan fingerprint density at radius 2 is 1.90 bits per heavy atom. The first-order chi connectivity index (χ1) is 15.2. The van der Waals surface area contributed by atoms with E-state index >= 15 is 0 Å². The highest BCUT2D eigenvalue weighted by Crippen LogP contribution is 2.18. The number of piperidine rings is 1. The Kier molecular flexibility index (Phi) is 10.0. The molecule has 2 aliphatic heterocycles. The third-order valence-corrected chi connectivity index (χ3v) is 6.52. The molecule has 0 amide bonds. The Morgan fingerprint density at radius 3 is 2.65 bits per heavy atom. The molecule has 1 atom stereocenters. The predicted molar refractivity (Wildman–Crippen MR) is 124 cm³/mol. The van der Waals surface area contributed by atoms with E-state index in [1.54, 1.807) is 0 Å². The van der Waals surface area contributed by atoms with E-state index in [0.717, 1.165) is 82.6 Å². The SMILES string of the molecule is CCC1CCCCN1CCNC(=NCc1nnc(C)n1C)NCCCN1CCOCC1. The van der Waals surface area contributed by atoms with Crippen molar-refractivity contribution in [3.05, 3.63) is 11.6 Å². The van der Waals surface area contributed by atoms with Gasteiger partial charge in [0.15, 0.2) is 11.8 Å². The molecule has 0 spiro atoms. The highest BCUT2D eigenvalue weighted by Gasteiger charge is 2.20. The molecule has 3 rings (SSSR count). The van der Waals surface area contributed by atoms with E-state index in [-0.39, 0.29) is 0 Å². The van der Waals surface area contributed by atoms with Gasteiger partial charge in [0.05, 0.1) is 13.2 Å². The first-order valence-corrected chi connectivity index (χ1v) is 12.1. The maximum atomic E-state index is 5.44. The number of rotatable bonds is 10. The minimum Gasteiger partial charge on any atom is -0.379 e. The number of aliphatic imine (C=N–C) groups is 1. The zero-order chi connectivity index (χ0) is 21.9. The molecule has 0 aliphatic carbocycles. The Hall–Kier alpha value is -1.71. The summed E-state index contributed by atoms with van der Waals surface area (Å²) in [6, 6.07) is 0.735. The molecule has 3 heterocycles. The second kappa shape index (κ2) is 13.0. The molecule has 0 bridgehead atoms. The van der Waals surface area contributed by atoms with Crippen molar-refractivity contribution in [3.63, 3.8) is 0 Å². The molecule has 0 saturated carbocycles. The number of hydrogen-bond acceptors (Lipinski definition) is 6. The molecule has 31 heavy (non-hydrogen) atoms. The predicted octanol–water partition coefficient (Wildman–Crippen LogP) is 1.15. The lowest BCUT2D eigenvalue weighted by Crippen LogP contribution is -2.46. The maximum Gasteiger partial charge on any atom is 0.191 e. The van der Waals surface area contributed by atoms with E-state index in [1.807, 2.05) is 18.5 Å². The minimum atomic E-state index is 0.525. The summed E-state index contributed by atoms with van der Waals surface area (Å²) < 4.78 is 7.44. The molecule has 2 fully saturated rings. The monoisotopic (exact) mass is 434 g/mol. The van der Waals surface area contributed by atoms with Crippen LogP contribution in [0.15, 0.2) is 4.99 Å². The van der Waals surface area contributed by atoms with Crippen molar-refractivity contribution in [2.24, 2.45) is 12.0 Å². The summed E-state index contributed by atoms with van der Waals surface area (Å²) in [5.41, 5.74) is 0. The van der Waals surface area contributed by atoms with Crippen molar-refractivity contribution in [1.82, 2.24) is 35.2 Å². The number of morpholine rings is 1. The number of nitrogens with one attached hydrogen (secondary N) is 2. The van der Waals surface area contributed by atoms with E-state index in [0.29, 0.717) is 6.54 Å². The summed E-state index contributed by atoms with van der Waals surface area (Å²) in [6.07, 6.45) is 6.36. The average Bonchev–Trinajstić information content (AvgIpc) is 3.13. The standard InChI is InChI=1S/C22H42N8O/c1-4-20-8-5-6-12-30(20)13-10-24-22(25-18-21-27-26-19(2)28(21)3)23-9-7-11-29-14-16-31-17-15-29/h20H,4-18H2,1-3H3,(H2,23,24,25). The Morgan fingerprint density at radius 1 is 1.10 bits per heavy atom. The van der Waals surface area contributed by atoms with Crippen LogP contribution in [-0.4, -0.2) is 95.6 Å². The zero-order valence-corrected chi connectivity index (χ0v) is 19.8. The lowest BCUT2D eigenvalue weighted by molar-refractivity contribution is 0.0376. The van der Waals surface area contributed by atoms with Crippen LogP contribution in [-0.2, 0) is 18.3 Å². The Bertz CT molecular complexity index is 670. The second-order valence-electron chi connectivity index (χ2n) is 8.64. The lowest BCUT2D eigenvalue weighted by atomic mass is 10.0. The molecule has 1 aromatic heterocycles. The van der Waals surface area contributed by atoms with Crippen molar-refractivity contribution in [2.75, 3.05) is 59.0 Å². The van der Waals surface area contributed by atoms with Gasteiger partial charge in [0, 0.05) is 45.8 Å². The molecule has 2 saturated heterocycles. The number of hydrogen-bond donors (Lipinski definition) is 2. The Balaban J connectivity index is 1.47. The van der Waals surface area contributed by atoms with Gasteiger partial charge in [-0.25, -0.2) is 4.99 Å². The molecule has 9 heteroatoms. The first kappa shape index (κ1) is 23.9. The third-order valence-electron chi connectivity index (χ3n) is 6.52. The molecule has 9 nitrogen and oxygen atoms in total. The number of guanidine groups is 1. The molecule has 1 aromatic rings. The van der Waals surface area contributed by atoms with Crippen LogP contribution in [0.1, 0.15) is 50.7 Å². The topological polar surface area (TPSA) is 82.8 Å². The second-order valence-corrected chi connectivity index (χ2v) is 8.64. The molecular weight excluding hydrogens is 392 g/mol. The van der Waals surface area contributed by atoms with Crippen molar-refractivity contribution < 1.29 is 4.74 Å². The molecule has 2 aliphatic rings. The van der Waals surface area contributed by atoms with E-state index in [9.17, 15) is 0 Å². The summed E-state index contributed by atoms with van der Waals surface area (Å²) in [4.78, 5) is 9.90. The average molecular weight is 435 g/mol. The van der Waals surface area contributed by atoms with Crippen LogP contribution < -0.4 is 10.6 Å². The van der Waals surface area contributed by atoms with E-state index in [1.165, 1.54) is 32.2 Å². The summed E-state index contributed by atoms with van der Waals surface area (Å²) in [6.45, 7) is 13.8. The number of nitrogens with zero attached hydrogens (tertiary/aromatic N) is 6. The summed E-state index contributed by atoms with van der Waals surface area (Å²) in [7, 11) is 1.99.